The van der Waals surface area contributed by atoms with E-state index in [0.717, 1.165) is 26.7 Å². The van der Waals surface area contributed by atoms with Gasteiger partial charge in [-0.05, 0) is 59.2 Å². The molecule has 5 N–H and O–H groups in total. The lowest BCUT2D eigenvalue weighted by Gasteiger charge is -2.12. The monoisotopic (exact) mass is 459 g/mol. The zero-order chi connectivity index (χ0) is 20.5. The van der Waals surface area contributed by atoms with Gasteiger partial charge in [-0.2, -0.15) is 0 Å². The minimum atomic E-state index is -3.77. The molecule has 3 aromatic carbocycles. The number of rotatable bonds is 4. The van der Waals surface area contributed by atoms with E-state index in [9.17, 15) is 13.2 Å². The highest BCUT2D eigenvalue weighted by molar-refractivity contribution is 9.10. The van der Waals surface area contributed by atoms with Crippen LogP contribution in [0.15, 0.2) is 70.0 Å². The van der Waals surface area contributed by atoms with Crippen LogP contribution in [0.25, 0.3) is 22.3 Å². The fourth-order valence-electron chi connectivity index (χ4n) is 2.86. The number of amides is 1. The number of nitrogen functional groups attached to an aromatic ring is 1. The maximum absolute atomic E-state index is 12.3. The Morgan fingerprint density at radius 3 is 2.14 bits per heavy atom. The summed E-state index contributed by atoms with van der Waals surface area (Å²) in [7, 11) is -2.21. The Morgan fingerprint density at radius 1 is 0.929 bits per heavy atom. The predicted molar refractivity (Wildman–Crippen MR) is 114 cm³/mol. The third-order valence-corrected chi connectivity index (χ3v) is 5.69. The van der Waals surface area contributed by atoms with Crippen LogP contribution in [0.4, 0.5) is 5.69 Å². The molecule has 6 nitrogen and oxygen atoms in total. The molecule has 3 rings (SSSR count). The third-order valence-electron chi connectivity index (χ3n) is 4.26. The van der Waals surface area contributed by atoms with Crippen molar-refractivity contribution in [2.45, 2.75) is 4.90 Å². The Bertz CT molecular complexity index is 1160. The van der Waals surface area contributed by atoms with E-state index in [0.29, 0.717) is 11.3 Å². The normalized spacial score (nSPS) is 11.2. The van der Waals surface area contributed by atoms with Crippen molar-refractivity contribution in [3.05, 3.63) is 70.7 Å². The number of anilines is 1. The van der Waals surface area contributed by atoms with E-state index in [1.54, 1.807) is 37.4 Å². The molecule has 0 aliphatic carbocycles. The summed E-state index contributed by atoms with van der Waals surface area (Å²) in [5.41, 5.74) is 10.2. The van der Waals surface area contributed by atoms with Crippen molar-refractivity contribution in [2.24, 2.45) is 5.14 Å². The molecule has 3 aromatic rings. The molecule has 0 heterocycles. The Kier molecular flexibility index (Phi) is 5.55. The van der Waals surface area contributed by atoms with Gasteiger partial charge in [-0.1, -0.05) is 34.1 Å². The minimum absolute atomic E-state index is 0.0242. The summed E-state index contributed by atoms with van der Waals surface area (Å²) in [5, 5.41) is 7.78. The number of hydrogen-bond acceptors (Lipinski definition) is 4. The molecule has 0 radical (unpaired) electrons. The highest BCUT2D eigenvalue weighted by atomic mass is 79.9. The van der Waals surface area contributed by atoms with Gasteiger partial charge in [0.05, 0.1) is 4.90 Å². The fraction of sp³-hybridized carbons (Fsp3) is 0.0500. The Labute approximate surface area is 171 Å². The molecule has 0 atom stereocenters. The average molecular weight is 460 g/mol. The van der Waals surface area contributed by atoms with Crippen LogP contribution in [0.5, 0.6) is 0 Å². The summed E-state index contributed by atoms with van der Waals surface area (Å²) in [5.74, 6) is -0.236. The first kappa shape index (κ1) is 20.1. The van der Waals surface area contributed by atoms with Gasteiger partial charge in [0.15, 0.2) is 0 Å². The van der Waals surface area contributed by atoms with Crippen LogP contribution in [0.2, 0.25) is 0 Å². The molecule has 0 aromatic heterocycles. The van der Waals surface area contributed by atoms with Crippen LogP contribution >= 0.6 is 15.9 Å². The molecular formula is C20H18BrN3O3S. The highest BCUT2D eigenvalue weighted by Crippen LogP contribution is 2.33. The molecule has 0 aliphatic heterocycles. The molecule has 1 amide bonds. The summed E-state index contributed by atoms with van der Waals surface area (Å²) < 4.78 is 23.8. The second kappa shape index (κ2) is 7.75. The minimum Gasteiger partial charge on any atom is -0.398 e. The van der Waals surface area contributed by atoms with E-state index in [1.807, 2.05) is 18.2 Å². The van der Waals surface area contributed by atoms with Crippen LogP contribution in [0.1, 0.15) is 10.4 Å². The van der Waals surface area contributed by atoms with Gasteiger partial charge in [-0.3, -0.25) is 4.79 Å². The highest BCUT2D eigenvalue weighted by Gasteiger charge is 2.13. The third kappa shape index (κ3) is 4.24. The number of primary sulfonamides is 1. The quantitative estimate of drug-likeness (QED) is 0.518. The summed E-state index contributed by atoms with van der Waals surface area (Å²) in [6, 6.07) is 17.1. The van der Waals surface area contributed by atoms with Crippen LogP contribution in [0, 0.1) is 0 Å². The lowest BCUT2D eigenvalue weighted by atomic mass is 9.95. The molecule has 0 saturated carbocycles. The SMILES string of the molecule is CNC(=O)c1cc(-c2ccc(S(N)(=O)=O)cc2)cc(-c2ccc(Br)cc2N)c1. The summed E-state index contributed by atoms with van der Waals surface area (Å²) >= 11 is 3.39. The molecule has 0 fully saturated rings. The van der Waals surface area contributed by atoms with Gasteiger partial charge in [0, 0.05) is 28.3 Å². The van der Waals surface area contributed by atoms with E-state index in [2.05, 4.69) is 21.2 Å². The van der Waals surface area contributed by atoms with Gasteiger partial charge in [0.25, 0.3) is 5.91 Å². The van der Waals surface area contributed by atoms with Gasteiger partial charge < -0.3 is 11.1 Å². The van der Waals surface area contributed by atoms with Crippen molar-refractivity contribution >= 4 is 37.5 Å². The molecule has 0 unspecified atom stereocenters. The first-order valence-electron chi connectivity index (χ1n) is 8.25. The molecule has 0 spiro atoms. The largest absolute Gasteiger partial charge is 0.398 e. The average Bonchev–Trinajstić information content (AvgIpc) is 2.66. The second-order valence-electron chi connectivity index (χ2n) is 6.18. The van der Waals surface area contributed by atoms with E-state index in [4.69, 9.17) is 10.9 Å². The molecule has 144 valence electrons. The van der Waals surface area contributed by atoms with Crippen LogP contribution in [0.3, 0.4) is 0 Å². The maximum Gasteiger partial charge on any atom is 0.251 e. The molecule has 28 heavy (non-hydrogen) atoms. The molecule has 0 aliphatic rings. The van der Waals surface area contributed by atoms with Crippen LogP contribution in [-0.4, -0.2) is 21.4 Å². The van der Waals surface area contributed by atoms with Gasteiger partial charge in [-0.15, -0.1) is 0 Å². The Balaban J connectivity index is 2.17. The number of carbonyl (C=O) groups is 1. The summed E-state index contributed by atoms with van der Waals surface area (Å²) in [4.78, 5) is 12.3. The zero-order valence-corrected chi connectivity index (χ0v) is 17.3. The van der Waals surface area contributed by atoms with E-state index < -0.39 is 10.0 Å². The summed E-state index contributed by atoms with van der Waals surface area (Å²) in [6.45, 7) is 0. The first-order valence-corrected chi connectivity index (χ1v) is 10.6. The Morgan fingerprint density at radius 2 is 1.57 bits per heavy atom. The lowest BCUT2D eigenvalue weighted by molar-refractivity contribution is 0.0963. The Hall–Kier alpha value is -2.68. The second-order valence-corrected chi connectivity index (χ2v) is 8.66. The van der Waals surface area contributed by atoms with Crippen molar-refractivity contribution in [1.82, 2.24) is 5.32 Å². The van der Waals surface area contributed by atoms with Crippen LogP contribution in [-0.2, 0) is 10.0 Å². The standard InChI is InChI=1S/C20H18BrN3O3S/c1-24-20(25)15-9-13(12-2-5-17(6-3-12)28(23,26)27)8-14(10-15)18-7-4-16(21)11-19(18)22/h2-11H,22H2,1H3,(H,24,25)(H2,23,26,27). The van der Waals surface area contributed by atoms with Crippen molar-refractivity contribution in [3.8, 4) is 22.3 Å². The number of nitrogens with one attached hydrogen (secondary N) is 1. The zero-order valence-electron chi connectivity index (χ0n) is 14.9. The van der Waals surface area contributed by atoms with Gasteiger partial charge in [0.1, 0.15) is 0 Å². The van der Waals surface area contributed by atoms with E-state index in [-0.39, 0.29) is 10.8 Å². The number of benzene rings is 3. The van der Waals surface area contributed by atoms with Crippen molar-refractivity contribution < 1.29 is 13.2 Å². The summed E-state index contributed by atoms with van der Waals surface area (Å²) in [6.07, 6.45) is 0. The maximum atomic E-state index is 12.3. The van der Waals surface area contributed by atoms with Gasteiger partial charge in [0.2, 0.25) is 10.0 Å². The number of carbonyl (C=O) groups excluding carboxylic acids is 1. The molecular weight excluding hydrogens is 442 g/mol. The van der Waals surface area contributed by atoms with Crippen molar-refractivity contribution in [2.75, 3.05) is 12.8 Å². The topological polar surface area (TPSA) is 115 Å². The number of hydrogen-bond donors (Lipinski definition) is 3. The van der Waals surface area contributed by atoms with Crippen LogP contribution < -0.4 is 16.2 Å². The molecule has 8 heteroatoms. The number of halogens is 1. The van der Waals surface area contributed by atoms with Crippen molar-refractivity contribution in [1.29, 1.82) is 0 Å². The van der Waals surface area contributed by atoms with E-state index in [1.165, 1.54) is 12.1 Å². The molecule has 0 saturated heterocycles. The van der Waals surface area contributed by atoms with Gasteiger partial charge >= 0.3 is 0 Å². The number of nitrogens with two attached hydrogens (primary N) is 2. The van der Waals surface area contributed by atoms with Crippen molar-refractivity contribution in [3.63, 3.8) is 0 Å². The fourth-order valence-corrected chi connectivity index (χ4v) is 3.75. The van der Waals surface area contributed by atoms with Gasteiger partial charge in [-0.25, -0.2) is 13.6 Å². The predicted octanol–water partition coefficient (Wildman–Crippen LogP) is 3.37. The first-order chi connectivity index (χ1) is 13.2. The lowest BCUT2D eigenvalue weighted by Crippen LogP contribution is -2.17. The van der Waals surface area contributed by atoms with E-state index >= 15 is 0 Å². The smallest absolute Gasteiger partial charge is 0.251 e. The molecule has 0 bridgehead atoms. The number of sulfonamides is 1.